The molecular formula is C15H16N2OS. The number of nitrogens with zero attached hydrogens (tertiary/aromatic N) is 1. The number of rotatable bonds is 4. The summed E-state index contributed by atoms with van der Waals surface area (Å²) in [6, 6.07) is 15.0. The van der Waals surface area contributed by atoms with Crippen LogP contribution in [0.1, 0.15) is 11.1 Å². The summed E-state index contributed by atoms with van der Waals surface area (Å²) in [4.78, 5) is 2.48. The number of nitrogens with two attached hydrogens (primary N) is 1. The van der Waals surface area contributed by atoms with Crippen molar-refractivity contribution < 1.29 is 5.11 Å². The zero-order valence-corrected chi connectivity index (χ0v) is 11.5. The molecule has 0 aliphatic heterocycles. The number of hydrogen-bond donors (Lipinski definition) is 2. The van der Waals surface area contributed by atoms with Crippen molar-refractivity contribution in [3.05, 3.63) is 59.7 Å². The van der Waals surface area contributed by atoms with Crippen molar-refractivity contribution in [2.24, 2.45) is 5.73 Å². The van der Waals surface area contributed by atoms with Crippen LogP contribution in [-0.2, 0) is 6.54 Å². The third-order valence-corrected chi connectivity index (χ3v) is 3.16. The topological polar surface area (TPSA) is 49.5 Å². The quantitative estimate of drug-likeness (QED) is 0.840. The molecule has 0 atom stereocenters. The maximum Gasteiger partial charge on any atom is 0.115 e. The van der Waals surface area contributed by atoms with Crippen LogP contribution in [0, 0.1) is 0 Å². The Kier molecular flexibility index (Phi) is 4.02. The molecule has 2 aromatic carbocycles. The summed E-state index contributed by atoms with van der Waals surface area (Å²) in [5.74, 6) is 0.273. The second-order valence-electron chi connectivity index (χ2n) is 4.40. The highest BCUT2D eigenvalue weighted by Crippen LogP contribution is 2.21. The average Bonchev–Trinajstić information content (AvgIpc) is 2.41. The molecule has 0 amide bonds. The van der Waals surface area contributed by atoms with Gasteiger partial charge in [-0.1, -0.05) is 36.5 Å². The number of aromatic hydroxyl groups is 1. The van der Waals surface area contributed by atoms with Gasteiger partial charge in [-0.25, -0.2) is 0 Å². The van der Waals surface area contributed by atoms with Gasteiger partial charge in [0.2, 0.25) is 0 Å². The van der Waals surface area contributed by atoms with Crippen molar-refractivity contribution in [3.8, 4) is 5.75 Å². The van der Waals surface area contributed by atoms with Gasteiger partial charge < -0.3 is 15.7 Å². The molecule has 3 N–H and O–H groups in total. The molecule has 2 rings (SSSR count). The molecule has 0 aromatic heterocycles. The molecule has 0 saturated heterocycles. The maximum atomic E-state index is 9.28. The SMILES string of the molecule is CN(Cc1ccc(O)cc1)c1ccccc1C(N)=S. The molecule has 19 heavy (non-hydrogen) atoms. The molecule has 0 spiro atoms. The van der Waals surface area contributed by atoms with E-state index in [1.807, 2.05) is 43.4 Å². The Balaban J connectivity index is 2.22. The van der Waals surface area contributed by atoms with Gasteiger partial charge in [0.05, 0.1) is 0 Å². The Bertz CT molecular complexity index is 581. The number of anilines is 1. The van der Waals surface area contributed by atoms with E-state index in [4.69, 9.17) is 18.0 Å². The van der Waals surface area contributed by atoms with Gasteiger partial charge in [-0.2, -0.15) is 0 Å². The van der Waals surface area contributed by atoms with Gasteiger partial charge in [0.15, 0.2) is 0 Å². The minimum Gasteiger partial charge on any atom is -0.508 e. The Morgan fingerprint density at radius 2 is 1.79 bits per heavy atom. The predicted molar refractivity (Wildman–Crippen MR) is 82.5 cm³/mol. The van der Waals surface area contributed by atoms with Crippen molar-refractivity contribution in [1.82, 2.24) is 0 Å². The van der Waals surface area contributed by atoms with Gasteiger partial charge >= 0.3 is 0 Å². The number of phenols is 1. The predicted octanol–water partition coefficient (Wildman–Crippen LogP) is 2.66. The van der Waals surface area contributed by atoms with E-state index >= 15 is 0 Å². The Morgan fingerprint density at radius 1 is 1.16 bits per heavy atom. The highest BCUT2D eigenvalue weighted by atomic mass is 32.1. The van der Waals surface area contributed by atoms with E-state index in [1.54, 1.807) is 12.1 Å². The van der Waals surface area contributed by atoms with Crippen LogP contribution < -0.4 is 10.6 Å². The number of thiocarbonyl (C=S) groups is 1. The Morgan fingerprint density at radius 3 is 2.42 bits per heavy atom. The lowest BCUT2D eigenvalue weighted by Crippen LogP contribution is -2.21. The minimum absolute atomic E-state index is 0.273. The first-order chi connectivity index (χ1) is 9.08. The Labute approximate surface area is 118 Å². The van der Waals surface area contributed by atoms with Gasteiger partial charge in [-0.15, -0.1) is 0 Å². The molecule has 0 saturated carbocycles. The van der Waals surface area contributed by atoms with Crippen molar-refractivity contribution in [3.63, 3.8) is 0 Å². The van der Waals surface area contributed by atoms with E-state index in [0.29, 0.717) is 4.99 Å². The van der Waals surface area contributed by atoms with Crippen LogP contribution in [0.5, 0.6) is 5.75 Å². The fourth-order valence-electron chi connectivity index (χ4n) is 1.98. The fraction of sp³-hybridized carbons (Fsp3) is 0.133. The lowest BCUT2D eigenvalue weighted by Gasteiger charge is -2.22. The molecular weight excluding hydrogens is 256 g/mol. The zero-order valence-electron chi connectivity index (χ0n) is 10.7. The summed E-state index contributed by atoms with van der Waals surface area (Å²) in [6.45, 7) is 0.722. The maximum absolute atomic E-state index is 9.28. The van der Waals surface area contributed by atoms with Crippen LogP contribution in [0.25, 0.3) is 0 Å². The molecule has 0 heterocycles. The molecule has 4 heteroatoms. The molecule has 0 aliphatic rings. The largest absolute Gasteiger partial charge is 0.508 e. The molecule has 0 aliphatic carbocycles. The third kappa shape index (κ3) is 3.23. The van der Waals surface area contributed by atoms with Gasteiger partial charge in [-0.3, -0.25) is 0 Å². The summed E-state index contributed by atoms with van der Waals surface area (Å²) >= 11 is 5.07. The molecule has 0 bridgehead atoms. The van der Waals surface area contributed by atoms with Crippen molar-refractivity contribution in [2.45, 2.75) is 6.54 Å². The second-order valence-corrected chi connectivity index (χ2v) is 4.84. The minimum atomic E-state index is 0.273. The first-order valence-corrected chi connectivity index (χ1v) is 6.36. The standard InChI is InChI=1S/C15H16N2OS/c1-17(10-11-6-8-12(18)9-7-11)14-5-3-2-4-13(14)15(16)19/h2-9,18H,10H2,1H3,(H2,16,19). The molecule has 0 unspecified atom stereocenters. The normalized spacial score (nSPS) is 10.2. The molecule has 0 radical (unpaired) electrons. The number of benzene rings is 2. The lowest BCUT2D eigenvalue weighted by atomic mass is 10.1. The van der Waals surface area contributed by atoms with E-state index in [-0.39, 0.29) is 5.75 Å². The lowest BCUT2D eigenvalue weighted by molar-refractivity contribution is 0.475. The summed E-state index contributed by atoms with van der Waals surface area (Å²) in [7, 11) is 1.99. The van der Waals surface area contributed by atoms with Crippen molar-refractivity contribution in [1.29, 1.82) is 0 Å². The highest BCUT2D eigenvalue weighted by molar-refractivity contribution is 7.80. The zero-order chi connectivity index (χ0) is 13.8. The first kappa shape index (κ1) is 13.4. The van der Waals surface area contributed by atoms with Crippen molar-refractivity contribution >= 4 is 22.9 Å². The van der Waals surface area contributed by atoms with E-state index in [1.165, 1.54) is 0 Å². The van der Waals surface area contributed by atoms with Crippen LogP contribution in [0.15, 0.2) is 48.5 Å². The molecule has 0 fully saturated rings. The van der Waals surface area contributed by atoms with E-state index in [2.05, 4.69) is 4.90 Å². The average molecular weight is 272 g/mol. The number of phenolic OH excluding ortho intramolecular Hbond substituents is 1. The van der Waals surface area contributed by atoms with Crippen LogP contribution in [0.4, 0.5) is 5.69 Å². The summed E-state index contributed by atoms with van der Waals surface area (Å²) in [6.07, 6.45) is 0. The van der Waals surface area contributed by atoms with E-state index < -0.39 is 0 Å². The van der Waals surface area contributed by atoms with Gasteiger partial charge in [-0.05, 0) is 29.8 Å². The summed E-state index contributed by atoms with van der Waals surface area (Å²) < 4.78 is 0. The van der Waals surface area contributed by atoms with Gasteiger partial charge in [0.1, 0.15) is 10.7 Å². The van der Waals surface area contributed by atoms with Gasteiger partial charge in [0.25, 0.3) is 0 Å². The first-order valence-electron chi connectivity index (χ1n) is 5.96. The second kappa shape index (κ2) is 5.71. The van der Waals surface area contributed by atoms with Crippen molar-refractivity contribution in [2.75, 3.05) is 11.9 Å². The Hall–Kier alpha value is -2.07. The highest BCUT2D eigenvalue weighted by Gasteiger charge is 2.09. The number of para-hydroxylation sites is 1. The van der Waals surface area contributed by atoms with Gasteiger partial charge in [0, 0.05) is 24.8 Å². The molecule has 2 aromatic rings. The smallest absolute Gasteiger partial charge is 0.115 e. The van der Waals surface area contributed by atoms with Crippen LogP contribution in [0.3, 0.4) is 0 Å². The summed E-state index contributed by atoms with van der Waals surface area (Å²) in [5.41, 5.74) is 8.72. The summed E-state index contributed by atoms with van der Waals surface area (Å²) in [5, 5.41) is 9.28. The van der Waals surface area contributed by atoms with E-state index in [9.17, 15) is 5.11 Å². The third-order valence-electron chi connectivity index (χ3n) is 2.94. The van der Waals surface area contributed by atoms with E-state index in [0.717, 1.165) is 23.4 Å². The fourth-order valence-corrected chi connectivity index (χ4v) is 2.15. The van der Waals surface area contributed by atoms with Crippen LogP contribution in [-0.4, -0.2) is 17.1 Å². The van der Waals surface area contributed by atoms with Crippen LogP contribution in [0.2, 0.25) is 0 Å². The number of hydrogen-bond acceptors (Lipinski definition) is 3. The molecule has 3 nitrogen and oxygen atoms in total. The monoisotopic (exact) mass is 272 g/mol. The van der Waals surface area contributed by atoms with Crippen LogP contribution >= 0.6 is 12.2 Å². The molecule has 98 valence electrons.